The number of anilines is 2. The molecule has 0 bridgehead atoms. The van der Waals surface area contributed by atoms with E-state index in [2.05, 4.69) is 15.3 Å². The molecule has 0 radical (unpaired) electrons. The molecule has 0 aliphatic carbocycles. The first-order valence-corrected chi connectivity index (χ1v) is 7.39. The number of nitrogens with one attached hydrogen (secondary N) is 1. The maximum Gasteiger partial charge on any atom is 0.268 e. The molecule has 5 nitrogen and oxygen atoms in total. The van der Waals surface area contributed by atoms with Gasteiger partial charge < -0.3 is 11.1 Å². The summed E-state index contributed by atoms with van der Waals surface area (Å²) in [5, 5.41) is 3.56. The molecule has 0 atom stereocenters. The fourth-order valence-corrected chi connectivity index (χ4v) is 3.04. The van der Waals surface area contributed by atoms with E-state index in [4.69, 9.17) is 28.9 Å². The van der Waals surface area contributed by atoms with E-state index in [-0.39, 0.29) is 5.91 Å². The van der Waals surface area contributed by atoms with Crippen LogP contribution in [0.5, 0.6) is 0 Å². The number of benzene rings is 1. The normalized spacial score (nSPS) is 10.8. The molecule has 1 aromatic carbocycles. The van der Waals surface area contributed by atoms with Gasteiger partial charge in [0.2, 0.25) is 0 Å². The number of carbonyl (C=O) groups is 1. The SMILES string of the molecule is Nc1c(C(=O)Nc2cc(Cl)ccc2Cl)sc2nccnc12. The van der Waals surface area contributed by atoms with Crippen molar-refractivity contribution in [1.29, 1.82) is 0 Å². The molecule has 3 rings (SSSR count). The number of nitrogens with two attached hydrogens (primary N) is 1. The highest BCUT2D eigenvalue weighted by Gasteiger charge is 2.18. The lowest BCUT2D eigenvalue weighted by Crippen LogP contribution is -2.12. The van der Waals surface area contributed by atoms with Crippen molar-refractivity contribution in [3.8, 4) is 0 Å². The van der Waals surface area contributed by atoms with Crippen LogP contribution in [-0.4, -0.2) is 15.9 Å². The Hall–Kier alpha value is -1.89. The molecule has 3 N–H and O–H groups in total. The molecule has 21 heavy (non-hydrogen) atoms. The van der Waals surface area contributed by atoms with Gasteiger partial charge in [0.15, 0.2) is 0 Å². The van der Waals surface area contributed by atoms with Crippen molar-refractivity contribution in [3.63, 3.8) is 0 Å². The van der Waals surface area contributed by atoms with E-state index in [9.17, 15) is 4.79 Å². The first kappa shape index (κ1) is 14.1. The second kappa shape index (κ2) is 5.48. The van der Waals surface area contributed by atoms with Crippen molar-refractivity contribution in [3.05, 3.63) is 45.5 Å². The summed E-state index contributed by atoms with van der Waals surface area (Å²) in [5.41, 5.74) is 7.20. The van der Waals surface area contributed by atoms with Crippen LogP contribution in [0.1, 0.15) is 9.67 Å². The molecule has 0 aliphatic rings. The van der Waals surface area contributed by atoms with Crippen LogP contribution in [0.25, 0.3) is 10.3 Å². The summed E-state index contributed by atoms with van der Waals surface area (Å²) >= 11 is 13.1. The van der Waals surface area contributed by atoms with Gasteiger partial charge in [-0.05, 0) is 18.2 Å². The van der Waals surface area contributed by atoms with Crippen molar-refractivity contribution in [2.24, 2.45) is 0 Å². The number of nitrogens with zero attached hydrogens (tertiary/aromatic N) is 2. The van der Waals surface area contributed by atoms with Crippen LogP contribution in [0.4, 0.5) is 11.4 Å². The Labute approximate surface area is 133 Å². The maximum absolute atomic E-state index is 12.3. The number of carbonyl (C=O) groups excluding carboxylic acids is 1. The third kappa shape index (κ3) is 2.65. The minimum Gasteiger partial charge on any atom is -0.396 e. The number of rotatable bonds is 2. The Morgan fingerprint density at radius 3 is 2.76 bits per heavy atom. The second-order valence-electron chi connectivity index (χ2n) is 4.13. The average Bonchev–Trinajstić information content (AvgIpc) is 2.81. The summed E-state index contributed by atoms with van der Waals surface area (Å²) in [6.07, 6.45) is 3.08. The standard InChI is InChI=1S/C13H8Cl2N4OS/c14-6-1-2-7(15)8(5-6)19-12(20)11-9(16)10-13(21-11)18-4-3-17-10/h1-5H,16H2,(H,19,20). The van der Waals surface area contributed by atoms with Crippen molar-refractivity contribution >= 4 is 62.2 Å². The molecule has 0 unspecified atom stereocenters. The fraction of sp³-hybridized carbons (Fsp3) is 0. The molecular formula is C13H8Cl2N4OS. The van der Waals surface area contributed by atoms with Gasteiger partial charge in [-0.3, -0.25) is 4.79 Å². The third-order valence-corrected chi connectivity index (χ3v) is 4.41. The van der Waals surface area contributed by atoms with Gasteiger partial charge in [-0.15, -0.1) is 11.3 Å². The summed E-state index contributed by atoms with van der Waals surface area (Å²) in [6, 6.07) is 4.82. The highest BCUT2D eigenvalue weighted by Crippen LogP contribution is 2.32. The number of nitrogen functional groups attached to an aromatic ring is 1. The van der Waals surface area contributed by atoms with Gasteiger partial charge in [-0.2, -0.15) is 0 Å². The number of fused-ring (bicyclic) bond motifs is 1. The molecule has 0 saturated heterocycles. The Morgan fingerprint density at radius 1 is 1.24 bits per heavy atom. The van der Waals surface area contributed by atoms with Crippen molar-refractivity contribution in [1.82, 2.24) is 9.97 Å². The molecule has 3 aromatic rings. The smallest absolute Gasteiger partial charge is 0.268 e. The number of amides is 1. The van der Waals surface area contributed by atoms with E-state index in [0.717, 1.165) is 0 Å². The fourth-order valence-electron chi connectivity index (χ4n) is 1.78. The van der Waals surface area contributed by atoms with Crippen LogP contribution in [0.3, 0.4) is 0 Å². The van der Waals surface area contributed by atoms with Crippen LogP contribution in [0.15, 0.2) is 30.6 Å². The summed E-state index contributed by atoms with van der Waals surface area (Å²) in [4.78, 5) is 21.5. The van der Waals surface area contributed by atoms with Crippen LogP contribution in [0.2, 0.25) is 10.0 Å². The Morgan fingerprint density at radius 2 is 2.00 bits per heavy atom. The number of aromatic nitrogens is 2. The van der Waals surface area contributed by atoms with Gasteiger partial charge in [-0.25, -0.2) is 9.97 Å². The van der Waals surface area contributed by atoms with Gasteiger partial charge >= 0.3 is 0 Å². The van der Waals surface area contributed by atoms with E-state index >= 15 is 0 Å². The van der Waals surface area contributed by atoms with Gasteiger partial charge in [-0.1, -0.05) is 23.2 Å². The van der Waals surface area contributed by atoms with Gasteiger partial charge in [0.1, 0.15) is 15.2 Å². The number of hydrogen-bond donors (Lipinski definition) is 2. The Bertz CT molecular complexity index is 849. The lowest BCUT2D eigenvalue weighted by atomic mass is 10.3. The number of hydrogen-bond acceptors (Lipinski definition) is 5. The minimum absolute atomic E-state index is 0.304. The molecule has 0 saturated carbocycles. The first-order chi connectivity index (χ1) is 10.1. The average molecular weight is 339 g/mol. The molecule has 0 fully saturated rings. The Kier molecular flexibility index (Phi) is 3.67. The number of thiophene rings is 1. The van der Waals surface area contributed by atoms with Crippen molar-refractivity contribution < 1.29 is 4.79 Å². The molecule has 0 spiro atoms. The largest absolute Gasteiger partial charge is 0.396 e. The van der Waals surface area contributed by atoms with Gasteiger partial charge in [0.25, 0.3) is 5.91 Å². The van der Waals surface area contributed by atoms with E-state index in [1.165, 1.54) is 17.5 Å². The molecular weight excluding hydrogens is 331 g/mol. The zero-order valence-corrected chi connectivity index (χ0v) is 12.8. The van der Waals surface area contributed by atoms with Crippen LogP contribution in [-0.2, 0) is 0 Å². The zero-order chi connectivity index (χ0) is 15.0. The predicted octanol–water partition coefficient (Wildman–Crippen LogP) is 3.83. The quantitative estimate of drug-likeness (QED) is 0.743. The van der Waals surface area contributed by atoms with Crippen LogP contribution >= 0.6 is 34.5 Å². The summed E-state index contributed by atoms with van der Waals surface area (Å²) < 4.78 is 0. The van der Waals surface area contributed by atoms with E-state index in [1.54, 1.807) is 24.4 Å². The minimum atomic E-state index is -0.374. The highest BCUT2D eigenvalue weighted by molar-refractivity contribution is 7.21. The van der Waals surface area contributed by atoms with Crippen molar-refractivity contribution in [2.75, 3.05) is 11.1 Å². The summed E-state index contributed by atoms with van der Waals surface area (Å²) in [6.45, 7) is 0. The molecule has 1 amide bonds. The monoisotopic (exact) mass is 338 g/mol. The molecule has 8 heteroatoms. The predicted molar refractivity (Wildman–Crippen MR) is 86.2 cm³/mol. The molecule has 2 heterocycles. The zero-order valence-electron chi connectivity index (χ0n) is 10.4. The molecule has 106 valence electrons. The van der Waals surface area contributed by atoms with E-state index < -0.39 is 0 Å². The number of halogens is 2. The van der Waals surface area contributed by atoms with Crippen LogP contribution in [0, 0.1) is 0 Å². The molecule has 2 aromatic heterocycles. The van der Waals surface area contributed by atoms with E-state index in [0.29, 0.717) is 36.6 Å². The van der Waals surface area contributed by atoms with Crippen molar-refractivity contribution in [2.45, 2.75) is 0 Å². The highest BCUT2D eigenvalue weighted by atomic mass is 35.5. The lowest BCUT2D eigenvalue weighted by molar-refractivity contribution is 0.103. The topological polar surface area (TPSA) is 80.9 Å². The summed E-state index contributed by atoms with van der Waals surface area (Å²) in [5.74, 6) is -0.374. The van der Waals surface area contributed by atoms with Crippen LogP contribution < -0.4 is 11.1 Å². The van der Waals surface area contributed by atoms with Gasteiger partial charge in [0, 0.05) is 17.4 Å². The summed E-state index contributed by atoms with van der Waals surface area (Å²) in [7, 11) is 0. The first-order valence-electron chi connectivity index (χ1n) is 5.81. The second-order valence-corrected chi connectivity index (χ2v) is 5.98. The Balaban J connectivity index is 1.97. The maximum atomic E-state index is 12.3. The van der Waals surface area contributed by atoms with E-state index in [1.807, 2.05) is 0 Å². The third-order valence-electron chi connectivity index (χ3n) is 2.75. The lowest BCUT2D eigenvalue weighted by Gasteiger charge is -2.06. The van der Waals surface area contributed by atoms with Gasteiger partial charge in [0.05, 0.1) is 16.4 Å². The molecule has 0 aliphatic heterocycles.